The summed E-state index contributed by atoms with van der Waals surface area (Å²) in [5, 5.41) is 12.9. The highest BCUT2D eigenvalue weighted by molar-refractivity contribution is 5.93. The third-order valence-electron chi connectivity index (χ3n) is 6.60. The Morgan fingerprint density at radius 3 is 2.27 bits per heavy atom. The zero-order valence-electron chi connectivity index (χ0n) is 26.7. The van der Waals surface area contributed by atoms with Crippen molar-refractivity contribution in [1.29, 1.82) is 0 Å². The van der Waals surface area contributed by atoms with E-state index in [0.29, 0.717) is 0 Å². The molecule has 0 aliphatic heterocycles. The van der Waals surface area contributed by atoms with Gasteiger partial charge >= 0.3 is 0 Å². The van der Waals surface area contributed by atoms with Crippen molar-refractivity contribution in [3.8, 4) is 0 Å². The van der Waals surface area contributed by atoms with Crippen LogP contribution in [0.1, 0.15) is 131 Å². The fourth-order valence-electron chi connectivity index (χ4n) is 4.01. The monoisotopic (exact) mass is 565 g/mol. The molecule has 1 N–H and O–H groups in total. The molecule has 0 radical (unpaired) electrons. The van der Waals surface area contributed by atoms with Crippen molar-refractivity contribution in [2.45, 2.75) is 106 Å². The van der Waals surface area contributed by atoms with E-state index in [9.17, 15) is 14.3 Å². The van der Waals surface area contributed by atoms with Crippen LogP contribution < -0.4 is 0 Å². The second-order valence-corrected chi connectivity index (χ2v) is 9.68. The van der Waals surface area contributed by atoms with Gasteiger partial charge in [0.05, 0.1) is 6.20 Å². The highest BCUT2D eigenvalue weighted by Crippen LogP contribution is 2.35. The Morgan fingerprint density at radius 1 is 1.17 bits per heavy atom. The number of unbranched alkanes of at least 4 members (excludes halogenated alkanes) is 3. The predicted molar refractivity (Wildman–Crippen MR) is 174 cm³/mol. The van der Waals surface area contributed by atoms with Crippen molar-refractivity contribution < 1.29 is 14.3 Å². The molecule has 4 rings (SSSR count). The van der Waals surface area contributed by atoms with Gasteiger partial charge in [-0.2, -0.15) is 5.10 Å². The molecule has 1 unspecified atom stereocenters. The van der Waals surface area contributed by atoms with Crippen LogP contribution in [0.4, 0.5) is 4.39 Å². The lowest BCUT2D eigenvalue weighted by atomic mass is 9.96. The van der Waals surface area contributed by atoms with Crippen molar-refractivity contribution in [3.05, 3.63) is 89.7 Å². The highest BCUT2D eigenvalue weighted by Gasteiger charge is 2.20. The molecule has 1 aliphatic rings. The average Bonchev–Trinajstić information content (AvgIpc) is 3.55. The van der Waals surface area contributed by atoms with E-state index >= 15 is 0 Å². The summed E-state index contributed by atoms with van der Waals surface area (Å²) in [5.41, 5.74) is 5.95. The minimum atomic E-state index is -0.661. The first-order valence-electron chi connectivity index (χ1n) is 14.9. The van der Waals surface area contributed by atoms with E-state index in [4.69, 9.17) is 0 Å². The summed E-state index contributed by atoms with van der Waals surface area (Å²) in [7, 11) is 0. The third kappa shape index (κ3) is 11.5. The summed E-state index contributed by atoms with van der Waals surface area (Å²) >= 11 is 0. The maximum absolute atomic E-state index is 13.3. The van der Waals surface area contributed by atoms with E-state index < -0.39 is 5.82 Å². The van der Waals surface area contributed by atoms with Gasteiger partial charge in [-0.3, -0.25) is 4.79 Å². The molecule has 2 aromatic heterocycles. The topological polar surface area (TPSA) is 67.5 Å². The summed E-state index contributed by atoms with van der Waals surface area (Å²) < 4.78 is 14.4. The van der Waals surface area contributed by atoms with Gasteiger partial charge in [0.2, 0.25) is 0 Å². The van der Waals surface area contributed by atoms with Crippen molar-refractivity contribution in [2.24, 2.45) is 0 Å². The largest absolute Gasteiger partial charge is 0.506 e. The molecule has 2 heterocycles. The van der Waals surface area contributed by atoms with E-state index in [0.717, 1.165) is 16.6 Å². The molecule has 3 aromatic rings. The summed E-state index contributed by atoms with van der Waals surface area (Å²) in [6.45, 7) is 27.1. The minimum absolute atomic E-state index is 0.0529. The summed E-state index contributed by atoms with van der Waals surface area (Å²) in [4.78, 5) is 15.1. The van der Waals surface area contributed by atoms with Gasteiger partial charge in [0.25, 0.3) is 0 Å². The number of aromatic nitrogens is 3. The van der Waals surface area contributed by atoms with Gasteiger partial charge < -0.3 is 5.11 Å². The predicted octanol–water partition coefficient (Wildman–Crippen LogP) is 10.5. The number of rotatable bonds is 7. The molecule has 0 spiro atoms. The number of aliphatic hydroxyl groups excluding tert-OH is 1. The fourth-order valence-corrected chi connectivity index (χ4v) is 4.01. The SMILES string of the molecule is C=C(O)c1cc(C(C)=O)n2ncc(F)c2n1.C=CCCCC.C=Cc1ccc2c(c1C)CCC2C.CC.CCCC. The molecule has 5 nitrogen and oxygen atoms in total. The standard InChI is InChI=1S/C13H16.C10H8FN3O2.C6H12.C4H10.C2H6/c1-4-11-6-8-12-9(2)5-7-13(12)10(11)3;1-5(15)8-3-9(6(2)16)14-10(13-8)7(11)4-12-14;1-3-5-6-4-2;1-3-4-2;1-2/h4,6,8-9H,1,5,7H2,2-3H3;3-4,15H,1H2,2H3;3H,1,4-6H2,2H3;3-4H2,1-2H3;1-2H3. The summed E-state index contributed by atoms with van der Waals surface area (Å²) in [6.07, 6.45) is 13.8. The van der Waals surface area contributed by atoms with Crippen molar-refractivity contribution in [3.63, 3.8) is 0 Å². The first-order valence-corrected chi connectivity index (χ1v) is 14.9. The Labute approximate surface area is 247 Å². The Kier molecular flexibility index (Phi) is 18.6. The molecule has 1 aliphatic carbocycles. The van der Waals surface area contributed by atoms with Gasteiger partial charge in [0, 0.05) is 6.92 Å². The number of carbonyl (C=O) groups excluding carboxylic acids is 1. The van der Waals surface area contributed by atoms with Crippen LogP contribution in [0.5, 0.6) is 0 Å². The van der Waals surface area contributed by atoms with E-state index in [-0.39, 0.29) is 28.6 Å². The van der Waals surface area contributed by atoms with E-state index in [1.807, 2.05) is 26.0 Å². The molecule has 1 atom stereocenters. The fraction of sp³-hybridized carbons (Fsp3) is 0.457. The van der Waals surface area contributed by atoms with Crippen LogP contribution in [0.25, 0.3) is 17.5 Å². The van der Waals surface area contributed by atoms with Crippen LogP contribution >= 0.6 is 0 Å². The van der Waals surface area contributed by atoms with Crippen LogP contribution in [-0.2, 0) is 6.42 Å². The minimum Gasteiger partial charge on any atom is -0.506 e. The number of ketones is 1. The lowest BCUT2D eigenvalue weighted by Crippen LogP contribution is -2.07. The molecular formula is C35H52FN3O2. The van der Waals surface area contributed by atoms with Gasteiger partial charge in [-0.15, -0.1) is 6.58 Å². The molecule has 226 valence electrons. The number of hydrogen-bond donors (Lipinski definition) is 1. The van der Waals surface area contributed by atoms with Gasteiger partial charge in [-0.1, -0.05) is 105 Å². The summed E-state index contributed by atoms with van der Waals surface area (Å²) in [6, 6.07) is 5.78. The van der Waals surface area contributed by atoms with Crippen LogP contribution in [0.3, 0.4) is 0 Å². The van der Waals surface area contributed by atoms with Gasteiger partial charge in [-0.05, 0) is 60.4 Å². The number of hydrogen-bond acceptors (Lipinski definition) is 4. The number of fused-ring (bicyclic) bond motifs is 2. The maximum Gasteiger partial charge on any atom is 0.192 e. The quantitative estimate of drug-likeness (QED) is 0.134. The lowest BCUT2D eigenvalue weighted by molar-refractivity contribution is 0.101. The first kappa shape index (κ1) is 37.5. The third-order valence-corrected chi connectivity index (χ3v) is 6.60. The number of aliphatic hydroxyl groups is 1. The first-order chi connectivity index (χ1) is 19.6. The number of nitrogens with zero attached hydrogens (tertiary/aromatic N) is 3. The number of halogens is 1. The molecule has 0 bridgehead atoms. The van der Waals surface area contributed by atoms with Crippen LogP contribution in [0.2, 0.25) is 0 Å². The Bertz CT molecular complexity index is 1260. The molecule has 0 fully saturated rings. The van der Waals surface area contributed by atoms with Crippen LogP contribution in [0, 0.1) is 12.7 Å². The van der Waals surface area contributed by atoms with E-state index in [1.165, 1.54) is 69.1 Å². The van der Waals surface area contributed by atoms with Crippen molar-refractivity contribution in [2.75, 3.05) is 0 Å². The summed E-state index contributed by atoms with van der Waals surface area (Å²) in [5.74, 6) is -0.540. The maximum atomic E-state index is 13.3. The molecule has 0 saturated carbocycles. The van der Waals surface area contributed by atoms with Crippen molar-refractivity contribution >= 4 is 23.3 Å². The number of Topliss-reactive ketones (excluding diaryl/α,β-unsaturated/α-hetero) is 1. The van der Waals surface area contributed by atoms with E-state index in [1.54, 1.807) is 11.1 Å². The number of carbonyl (C=O) groups is 1. The number of allylic oxidation sites excluding steroid dienone is 1. The van der Waals surface area contributed by atoms with Gasteiger partial charge in [0.15, 0.2) is 17.2 Å². The van der Waals surface area contributed by atoms with Crippen LogP contribution in [-0.4, -0.2) is 25.5 Å². The molecular weight excluding hydrogens is 513 g/mol. The molecule has 6 heteroatoms. The van der Waals surface area contributed by atoms with Crippen LogP contribution in [0.15, 0.2) is 50.2 Å². The van der Waals surface area contributed by atoms with Gasteiger partial charge in [0.1, 0.15) is 17.1 Å². The molecule has 0 saturated heterocycles. The zero-order chi connectivity index (χ0) is 31.5. The molecule has 1 aromatic carbocycles. The smallest absolute Gasteiger partial charge is 0.192 e. The number of benzene rings is 1. The van der Waals surface area contributed by atoms with Crippen molar-refractivity contribution in [1.82, 2.24) is 14.6 Å². The Morgan fingerprint density at radius 2 is 1.80 bits per heavy atom. The Hall–Kier alpha value is -3.54. The normalized spacial score (nSPS) is 12.6. The second-order valence-electron chi connectivity index (χ2n) is 9.68. The zero-order valence-corrected chi connectivity index (χ0v) is 26.7. The average molecular weight is 566 g/mol. The molecule has 0 amide bonds. The van der Waals surface area contributed by atoms with Gasteiger partial charge in [-0.25, -0.2) is 13.9 Å². The lowest BCUT2D eigenvalue weighted by Gasteiger charge is -2.09. The Balaban J connectivity index is 0.000000572. The highest BCUT2D eigenvalue weighted by atomic mass is 19.1. The molecule has 41 heavy (non-hydrogen) atoms. The second kappa shape index (κ2) is 20.4. The van der Waals surface area contributed by atoms with E-state index in [2.05, 4.69) is 76.6 Å².